The van der Waals surface area contributed by atoms with Gasteiger partial charge in [0.25, 0.3) is 0 Å². The summed E-state index contributed by atoms with van der Waals surface area (Å²) >= 11 is 23.6. The van der Waals surface area contributed by atoms with E-state index in [1.165, 1.54) is 0 Å². The Kier molecular flexibility index (Phi) is 9.88. The quantitative estimate of drug-likeness (QED) is 0.0858. The molecule has 0 aliphatic rings. The van der Waals surface area contributed by atoms with Crippen LogP contribution in [0.3, 0.4) is 0 Å². The molecule has 0 amide bonds. The molecule has 2 heterocycles. The molecule has 6 rings (SSSR count). The van der Waals surface area contributed by atoms with E-state index < -0.39 is 0 Å². The van der Waals surface area contributed by atoms with Crippen LogP contribution in [0.25, 0.3) is 10.8 Å². The predicted octanol–water partition coefficient (Wildman–Crippen LogP) is 10.7. The van der Waals surface area contributed by atoms with Gasteiger partial charge in [0.1, 0.15) is 11.4 Å². The molecule has 50 heavy (non-hydrogen) atoms. The first kappa shape index (κ1) is 34.6. The minimum atomic E-state index is -0.142. The molecule has 18 heteroatoms. The van der Waals surface area contributed by atoms with Crippen molar-refractivity contribution in [2.24, 2.45) is 20.5 Å². The number of nitrogens with two attached hydrogens (primary N) is 1. The average Bonchev–Trinajstić information content (AvgIpc) is 3.02. The number of azo groups is 2. The number of phenolic OH excluding ortho intramolecular Hbond substituents is 1. The van der Waals surface area contributed by atoms with Gasteiger partial charge in [0, 0.05) is 11.4 Å². The first-order valence-electron chi connectivity index (χ1n) is 14.6. The molecule has 6 aromatic rings. The van der Waals surface area contributed by atoms with Crippen LogP contribution in [0.15, 0.2) is 69.0 Å². The average molecular weight is 749 g/mol. The molecule has 0 atom stereocenters. The van der Waals surface area contributed by atoms with Gasteiger partial charge >= 0.3 is 0 Å². The Balaban J connectivity index is 1.32. The van der Waals surface area contributed by atoms with Crippen molar-refractivity contribution < 1.29 is 5.11 Å². The monoisotopic (exact) mass is 747 g/mol. The van der Waals surface area contributed by atoms with Gasteiger partial charge in [-0.25, -0.2) is 0 Å². The summed E-state index contributed by atoms with van der Waals surface area (Å²) < 4.78 is 0. The third kappa shape index (κ3) is 7.63. The molecular weight excluding hydrogens is 724 g/mol. The normalized spacial score (nSPS) is 11.6. The van der Waals surface area contributed by atoms with E-state index in [-0.39, 0.29) is 50.2 Å². The number of nitrogen functional groups attached to an aromatic ring is 1. The van der Waals surface area contributed by atoms with Crippen LogP contribution in [0, 0.1) is 27.7 Å². The minimum Gasteiger partial charge on any atom is -0.505 e. The molecule has 2 aromatic heterocycles. The molecule has 0 aliphatic heterocycles. The second-order valence-corrected chi connectivity index (χ2v) is 12.3. The van der Waals surface area contributed by atoms with Crippen LogP contribution >= 0.6 is 46.4 Å². The molecule has 0 aliphatic carbocycles. The van der Waals surface area contributed by atoms with E-state index in [0.717, 1.165) is 16.7 Å². The number of hydrogen-bond acceptors (Lipinski definition) is 14. The van der Waals surface area contributed by atoms with Crippen molar-refractivity contribution in [1.29, 1.82) is 0 Å². The molecule has 0 radical (unpaired) electrons. The van der Waals surface area contributed by atoms with Crippen molar-refractivity contribution in [2.45, 2.75) is 27.7 Å². The maximum Gasteiger partial charge on any atom is 0.232 e. The number of halogens is 4. The number of nitrogens with one attached hydrogen (secondary N) is 2. The zero-order chi connectivity index (χ0) is 35.7. The van der Waals surface area contributed by atoms with E-state index in [1.54, 1.807) is 12.1 Å². The number of fused-ring (bicyclic) bond motifs is 1. The summed E-state index contributed by atoms with van der Waals surface area (Å²) in [5, 5.41) is 36.3. The van der Waals surface area contributed by atoms with Crippen molar-refractivity contribution in [2.75, 3.05) is 16.4 Å². The molecule has 0 saturated heterocycles. The Morgan fingerprint density at radius 1 is 0.560 bits per heavy atom. The fourth-order valence-electron chi connectivity index (χ4n) is 4.92. The number of benzene rings is 4. The van der Waals surface area contributed by atoms with Crippen molar-refractivity contribution in [3.8, 4) is 5.75 Å². The molecule has 0 saturated carbocycles. The lowest BCUT2D eigenvalue weighted by Gasteiger charge is -2.13. The van der Waals surface area contributed by atoms with Crippen molar-refractivity contribution >= 4 is 109 Å². The summed E-state index contributed by atoms with van der Waals surface area (Å²) in [5.74, 6) is 0.194. The topological polar surface area (TPSA) is 197 Å². The maximum atomic E-state index is 11.5. The molecule has 14 nitrogen and oxygen atoms in total. The summed E-state index contributed by atoms with van der Waals surface area (Å²) in [6.07, 6.45) is 0. The largest absolute Gasteiger partial charge is 0.505 e. The van der Waals surface area contributed by atoms with Crippen molar-refractivity contribution in [3.63, 3.8) is 0 Å². The lowest BCUT2D eigenvalue weighted by atomic mass is 9.99. The second-order valence-electron chi connectivity index (χ2n) is 11.0. The standard InChI is InChI=1S/C32H25Cl4N13O/c1-13-5-7-18(38-31-42-27(33)40-28(34)43-31)11-20(13)46-48-24-15(3)9-17-10-16(4)25(26(50)22(17)23(24)37)49-47-21-12-19(8-6-14(21)2)39-32-44-29(35)41-30(36)45-32/h5-12,50H,37H2,1-4H3,(H,38,40,42,43)(H,39,41,44,45). The summed E-state index contributed by atoms with van der Waals surface area (Å²) in [6, 6.07) is 14.6. The van der Waals surface area contributed by atoms with Crippen LogP contribution in [-0.4, -0.2) is 35.0 Å². The predicted molar refractivity (Wildman–Crippen MR) is 196 cm³/mol. The van der Waals surface area contributed by atoms with E-state index >= 15 is 0 Å². The summed E-state index contributed by atoms with van der Waals surface area (Å²) in [4.78, 5) is 23.6. The van der Waals surface area contributed by atoms with Gasteiger partial charge in [-0.1, -0.05) is 12.1 Å². The van der Waals surface area contributed by atoms with Gasteiger partial charge in [-0.15, -0.1) is 10.2 Å². The zero-order valence-electron chi connectivity index (χ0n) is 26.6. The summed E-state index contributed by atoms with van der Waals surface area (Å²) in [6.45, 7) is 7.47. The Morgan fingerprint density at radius 2 is 0.980 bits per heavy atom. The van der Waals surface area contributed by atoms with Crippen molar-refractivity contribution in [1.82, 2.24) is 29.9 Å². The molecule has 0 fully saturated rings. The summed E-state index contributed by atoms with van der Waals surface area (Å²) in [7, 11) is 0. The van der Waals surface area contributed by atoms with Gasteiger partial charge in [0.2, 0.25) is 33.0 Å². The number of anilines is 5. The lowest BCUT2D eigenvalue weighted by molar-refractivity contribution is 0.482. The van der Waals surface area contributed by atoms with Crippen LogP contribution in [0.2, 0.25) is 21.1 Å². The fourth-order valence-corrected chi connectivity index (χ4v) is 5.65. The van der Waals surface area contributed by atoms with Gasteiger partial charge in [0.15, 0.2) is 5.75 Å². The molecule has 252 valence electrons. The number of nitrogens with zero attached hydrogens (tertiary/aromatic N) is 10. The van der Waals surface area contributed by atoms with Gasteiger partial charge < -0.3 is 21.5 Å². The third-order valence-electron chi connectivity index (χ3n) is 7.37. The number of hydrogen-bond donors (Lipinski definition) is 4. The Morgan fingerprint density at radius 3 is 1.44 bits per heavy atom. The molecule has 0 bridgehead atoms. The third-order valence-corrected chi connectivity index (χ3v) is 8.05. The molecule has 0 unspecified atom stereocenters. The maximum absolute atomic E-state index is 11.5. The zero-order valence-corrected chi connectivity index (χ0v) is 29.7. The molecule has 0 spiro atoms. The highest BCUT2D eigenvalue weighted by molar-refractivity contribution is 6.31. The van der Waals surface area contributed by atoms with E-state index in [0.29, 0.717) is 44.8 Å². The highest BCUT2D eigenvalue weighted by Gasteiger charge is 2.18. The Hall–Kier alpha value is -5.28. The highest BCUT2D eigenvalue weighted by Crippen LogP contribution is 2.46. The van der Waals surface area contributed by atoms with E-state index in [4.69, 9.17) is 52.1 Å². The van der Waals surface area contributed by atoms with Crippen LogP contribution in [0.5, 0.6) is 5.75 Å². The number of rotatable bonds is 8. The van der Waals surface area contributed by atoms with Crippen LogP contribution < -0.4 is 16.4 Å². The minimum absolute atomic E-state index is 0.0452. The highest BCUT2D eigenvalue weighted by atomic mass is 35.5. The van der Waals surface area contributed by atoms with Gasteiger partial charge in [-0.3, -0.25) is 0 Å². The molecule has 5 N–H and O–H groups in total. The lowest BCUT2D eigenvalue weighted by Crippen LogP contribution is -1.99. The Bertz CT molecular complexity index is 2170. The number of aromatic nitrogens is 6. The van der Waals surface area contributed by atoms with Crippen LogP contribution in [0.1, 0.15) is 22.3 Å². The molecule has 4 aromatic carbocycles. The number of aromatic hydroxyl groups is 1. The molecular formula is C32H25Cl4N13O. The first-order chi connectivity index (χ1) is 23.8. The summed E-state index contributed by atoms with van der Waals surface area (Å²) in [5.41, 5.74) is 13.0. The first-order valence-corrected chi connectivity index (χ1v) is 16.1. The van der Waals surface area contributed by atoms with E-state index in [2.05, 4.69) is 61.0 Å². The van der Waals surface area contributed by atoms with Gasteiger partial charge in [-0.05, 0) is 138 Å². The smallest absolute Gasteiger partial charge is 0.232 e. The second kappa shape index (κ2) is 14.3. The number of aryl methyl sites for hydroxylation is 4. The van der Waals surface area contributed by atoms with E-state index in [1.807, 2.05) is 64.1 Å². The van der Waals surface area contributed by atoms with Crippen molar-refractivity contribution in [3.05, 3.63) is 91.9 Å². The van der Waals surface area contributed by atoms with Crippen LogP contribution in [0.4, 0.5) is 51.7 Å². The fraction of sp³-hybridized carbons (Fsp3) is 0.125. The van der Waals surface area contributed by atoms with E-state index in [9.17, 15) is 5.11 Å². The Labute approximate surface area is 304 Å². The van der Waals surface area contributed by atoms with Crippen LogP contribution in [-0.2, 0) is 0 Å². The van der Waals surface area contributed by atoms with Gasteiger partial charge in [0.05, 0.1) is 22.4 Å². The number of phenols is 1. The van der Waals surface area contributed by atoms with Gasteiger partial charge in [-0.2, -0.15) is 40.1 Å². The SMILES string of the molecule is Cc1ccc(Nc2nc(Cl)nc(Cl)n2)cc1N=Nc1c(C)cc2cc(C)c(N=Nc3cc(Nc4nc(Cl)nc(Cl)n4)ccc3C)c(O)c2c1N.